The molecule has 2 aromatic heterocycles. The molecule has 0 spiro atoms. The maximum Gasteiger partial charge on any atom is 0.316 e. The van der Waals surface area contributed by atoms with Gasteiger partial charge in [-0.05, 0) is 18.2 Å². The number of aromatic nitrogens is 2. The molecule has 106 valence electrons. The van der Waals surface area contributed by atoms with Gasteiger partial charge < -0.3 is 15.8 Å². The van der Waals surface area contributed by atoms with E-state index < -0.39 is 6.03 Å². The molecule has 0 atom stereocenters. The predicted octanol–water partition coefficient (Wildman–Crippen LogP) is 2.86. The van der Waals surface area contributed by atoms with Crippen LogP contribution in [0.4, 0.5) is 10.5 Å². The third-order valence-electron chi connectivity index (χ3n) is 2.85. The summed E-state index contributed by atoms with van der Waals surface area (Å²) in [7, 11) is 1.62. The number of benzene rings is 1. The van der Waals surface area contributed by atoms with E-state index in [2.05, 4.69) is 15.3 Å². The summed E-state index contributed by atoms with van der Waals surface area (Å²) in [6.07, 6.45) is 3.23. The third kappa shape index (κ3) is 2.77. The number of primary amides is 1. The van der Waals surface area contributed by atoms with Crippen molar-refractivity contribution in [3.8, 4) is 16.3 Å². The highest BCUT2D eigenvalue weighted by Crippen LogP contribution is 2.32. The number of thiazole rings is 1. The van der Waals surface area contributed by atoms with Gasteiger partial charge in [0.15, 0.2) is 0 Å². The molecule has 1 aromatic carbocycles. The first-order valence-corrected chi connectivity index (χ1v) is 6.94. The lowest BCUT2D eigenvalue weighted by Crippen LogP contribution is -2.19. The van der Waals surface area contributed by atoms with Gasteiger partial charge in [-0.2, -0.15) is 0 Å². The van der Waals surface area contributed by atoms with Crippen molar-refractivity contribution in [1.29, 1.82) is 0 Å². The van der Waals surface area contributed by atoms with Crippen LogP contribution in [-0.4, -0.2) is 23.1 Å². The van der Waals surface area contributed by atoms with Gasteiger partial charge >= 0.3 is 6.03 Å². The smallest absolute Gasteiger partial charge is 0.316 e. The van der Waals surface area contributed by atoms with Crippen molar-refractivity contribution in [1.82, 2.24) is 9.97 Å². The molecule has 3 rings (SSSR count). The molecule has 7 heteroatoms. The van der Waals surface area contributed by atoms with Crippen LogP contribution in [0.3, 0.4) is 0 Å². The number of fused-ring (bicyclic) bond motifs is 1. The highest BCUT2D eigenvalue weighted by molar-refractivity contribution is 7.21. The second-order valence-corrected chi connectivity index (χ2v) is 5.33. The first-order chi connectivity index (χ1) is 10.2. The summed E-state index contributed by atoms with van der Waals surface area (Å²) in [5, 5.41) is 3.32. The van der Waals surface area contributed by atoms with Crippen LogP contribution in [0.25, 0.3) is 20.8 Å². The number of nitrogens with one attached hydrogen (secondary N) is 1. The number of hydrogen-bond acceptors (Lipinski definition) is 5. The Morgan fingerprint density at radius 2 is 2.19 bits per heavy atom. The first kappa shape index (κ1) is 13.3. The Labute approximate surface area is 124 Å². The molecule has 0 aliphatic heterocycles. The highest BCUT2D eigenvalue weighted by atomic mass is 32.1. The summed E-state index contributed by atoms with van der Waals surface area (Å²) < 4.78 is 6.25. The molecule has 2 amide bonds. The quantitative estimate of drug-likeness (QED) is 0.778. The van der Waals surface area contributed by atoms with Crippen molar-refractivity contribution in [2.75, 3.05) is 12.4 Å². The number of nitrogens with zero attached hydrogens (tertiary/aromatic N) is 2. The fourth-order valence-electron chi connectivity index (χ4n) is 1.93. The molecule has 0 aliphatic carbocycles. The summed E-state index contributed by atoms with van der Waals surface area (Å²) in [4.78, 5) is 19.5. The summed E-state index contributed by atoms with van der Waals surface area (Å²) in [5.74, 6) is 0.765. The van der Waals surface area contributed by atoms with Crippen LogP contribution in [0.5, 0.6) is 5.75 Å². The van der Waals surface area contributed by atoms with Crippen LogP contribution in [0.2, 0.25) is 0 Å². The van der Waals surface area contributed by atoms with Crippen LogP contribution < -0.4 is 15.8 Å². The maximum atomic E-state index is 10.9. The van der Waals surface area contributed by atoms with Crippen molar-refractivity contribution in [2.45, 2.75) is 0 Å². The molecular weight excluding hydrogens is 288 g/mol. The van der Waals surface area contributed by atoms with E-state index >= 15 is 0 Å². The lowest BCUT2D eigenvalue weighted by molar-refractivity contribution is 0.259. The minimum Gasteiger partial charge on any atom is -0.497 e. The number of urea groups is 1. The predicted molar refractivity (Wildman–Crippen MR) is 82.6 cm³/mol. The van der Waals surface area contributed by atoms with Crippen molar-refractivity contribution < 1.29 is 9.53 Å². The van der Waals surface area contributed by atoms with Gasteiger partial charge in [0.05, 0.1) is 29.2 Å². The first-order valence-electron chi connectivity index (χ1n) is 6.12. The number of nitrogens with two attached hydrogens (primary N) is 1. The Balaban J connectivity index is 2.01. The Morgan fingerprint density at radius 3 is 2.95 bits per heavy atom. The molecule has 3 N–H and O–H groups in total. The molecule has 0 aliphatic rings. The van der Waals surface area contributed by atoms with Gasteiger partial charge in [-0.15, -0.1) is 11.3 Å². The van der Waals surface area contributed by atoms with Crippen LogP contribution in [0, 0.1) is 0 Å². The molecule has 0 saturated carbocycles. The second kappa shape index (κ2) is 5.37. The number of hydrogen-bond donors (Lipinski definition) is 2. The molecule has 6 nitrogen and oxygen atoms in total. The Bertz CT molecular complexity index is 816. The van der Waals surface area contributed by atoms with Gasteiger partial charge in [0, 0.05) is 17.8 Å². The number of rotatable bonds is 3. The Morgan fingerprint density at radius 1 is 1.33 bits per heavy atom. The topological polar surface area (TPSA) is 90.1 Å². The fourth-order valence-corrected chi connectivity index (χ4v) is 2.85. The average Bonchev–Trinajstić information content (AvgIpc) is 2.89. The summed E-state index contributed by atoms with van der Waals surface area (Å²) in [6, 6.07) is 6.91. The SMILES string of the molecule is COc1ccc2sc(-c3cncc(NC(N)=O)c3)nc2c1. The number of carbonyl (C=O) groups excluding carboxylic acids is 1. The molecule has 0 saturated heterocycles. The Kier molecular flexibility index (Phi) is 3.41. The molecule has 3 aromatic rings. The monoisotopic (exact) mass is 300 g/mol. The second-order valence-electron chi connectivity index (χ2n) is 4.30. The lowest BCUT2D eigenvalue weighted by atomic mass is 10.2. The largest absolute Gasteiger partial charge is 0.497 e. The van der Waals surface area contributed by atoms with E-state index in [1.165, 1.54) is 6.20 Å². The highest BCUT2D eigenvalue weighted by Gasteiger charge is 2.09. The molecular formula is C14H12N4O2S. The Hall–Kier alpha value is -2.67. The number of anilines is 1. The zero-order valence-electron chi connectivity index (χ0n) is 11.2. The van der Waals surface area contributed by atoms with E-state index in [1.807, 2.05) is 18.2 Å². The fraction of sp³-hybridized carbons (Fsp3) is 0.0714. The zero-order valence-corrected chi connectivity index (χ0v) is 12.0. The van der Waals surface area contributed by atoms with Gasteiger partial charge in [0.2, 0.25) is 0 Å². The van der Waals surface area contributed by atoms with E-state index in [-0.39, 0.29) is 0 Å². The van der Waals surface area contributed by atoms with Crippen molar-refractivity contribution >= 4 is 33.3 Å². The third-order valence-corrected chi connectivity index (χ3v) is 3.93. The van der Waals surface area contributed by atoms with Crippen LogP contribution >= 0.6 is 11.3 Å². The molecule has 0 bridgehead atoms. The number of ether oxygens (including phenoxy) is 1. The number of carbonyl (C=O) groups is 1. The van der Waals surface area contributed by atoms with E-state index in [0.29, 0.717) is 5.69 Å². The molecule has 2 heterocycles. The van der Waals surface area contributed by atoms with E-state index in [4.69, 9.17) is 10.5 Å². The minimum absolute atomic E-state index is 0.539. The van der Waals surface area contributed by atoms with Gasteiger partial charge in [0.25, 0.3) is 0 Å². The maximum absolute atomic E-state index is 10.9. The van der Waals surface area contributed by atoms with Crippen molar-refractivity contribution in [2.24, 2.45) is 5.73 Å². The normalized spacial score (nSPS) is 10.5. The molecule has 21 heavy (non-hydrogen) atoms. The summed E-state index contributed by atoms with van der Waals surface area (Å²) in [5.41, 5.74) is 7.32. The van der Waals surface area contributed by atoms with Gasteiger partial charge in [-0.1, -0.05) is 0 Å². The average molecular weight is 300 g/mol. The zero-order chi connectivity index (χ0) is 14.8. The molecule has 0 fully saturated rings. The molecule has 0 radical (unpaired) electrons. The van der Waals surface area contributed by atoms with E-state index in [0.717, 1.165) is 26.5 Å². The van der Waals surface area contributed by atoms with E-state index in [9.17, 15) is 4.79 Å². The number of amides is 2. The lowest BCUT2D eigenvalue weighted by Gasteiger charge is -2.02. The van der Waals surface area contributed by atoms with Crippen LogP contribution in [0.15, 0.2) is 36.7 Å². The van der Waals surface area contributed by atoms with Crippen LogP contribution in [0.1, 0.15) is 0 Å². The minimum atomic E-state index is -0.622. The standard InChI is InChI=1S/C14H12N4O2S/c1-20-10-2-3-12-11(5-10)18-13(21-12)8-4-9(7-16-6-8)17-14(15)19/h2-7H,1H3,(H3,15,17,19). The van der Waals surface area contributed by atoms with Crippen molar-refractivity contribution in [3.63, 3.8) is 0 Å². The number of methoxy groups -OCH3 is 1. The van der Waals surface area contributed by atoms with Gasteiger partial charge in [-0.25, -0.2) is 9.78 Å². The van der Waals surface area contributed by atoms with Gasteiger partial charge in [-0.3, -0.25) is 4.98 Å². The summed E-state index contributed by atoms with van der Waals surface area (Å²) in [6.45, 7) is 0. The molecule has 0 unspecified atom stereocenters. The summed E-state index contributed by atoms with van der Waals surface area (Å²) >= 11 is 1.55. The van der Waals surface area contributed by atoms with Crippen molar-refractivity contribution in [3.05, 3.63) is 36.7 Å². The van der Waals surface area contributed by atoms with E-state index in [1.54, 1.807) is 30.7 Å². The van der Waals surface area contributed by atoms with Gasteiger partial charge in [0.1, 0.15) is 10.8 Å². The number of pyridine rings is 1. The van der Waals surface area contributed by atoms with Crippen LogP contribution in [-0.2, 0) is 0 Å².